The SMILES string of the molecule is CCCCN(C)Cc1ccccc1F.O=C(O)C(=O)O. The Kier molecular flexibility index (Phi) is 8.95. The number of hydrogen-bond donors (Lipinski definition) is 2. The Bertz CT molecular complexity index is 425. The van der Waals surface area contributed by atoms with Crippen molar-refractivity contribution in [1.29, 1.82) is 0 Å². The van der Waals surface area contributed by atoms with E-state index >= 15 is 0 Å². The number of aliphatic carboxylic acids is 2. The third-order valence-electron chi connectivity index (χ3n) is 2.47. The molecule has 20 heavy (non-hydrogen) atoms. The van der Waals surface area contributed by atoms with Gasteiger partial charge >= 0.3 is 11.9 Å². The molecule has 0 atom stereocenters. The van der Waals surface area contributed by atoms with Crippen molar-refractivity contribution in [3.05, 3.63) is 35.6 Å². The molecule has 112 valence electrons. The van der Waals surface area contributed by atoms with Crippen LogP contribution in [-0.2, 0) is 16.1 Å². The van der Waals surface area contributed by atoms with Gasteiger partial charge in [-0.1, -0.05) is 31.5 Å². The molecule has 0 aromatic heterocycles. The number of halogens is 1. The average Bonchev–Trinajstić information content (AvgIpc) is 2.39. The molecule has 0 aliphatic rings. The highest BCUT2D eigenvalue weighted by Crippen LogP contribution is 2.09. The van der Waals surface area contributed by atoms with E-state index in [-0.39, 0.29) is 5.82 Å². The van der Waals surface area contributed by atoms with Crippen molar-refractivity contribution in [1.82, 2.24) is 4.90 Å². The zero-order valence-corrected chi connectivity index (χ0v) is 11.7. The smallest absolute Gasteiger partial charge is 0.414 e. The molecule has 0 saturated heterocycles. The molecule has 1 rings (SSSR count). The van der Waals surface area contributed by atoms with Gasteiger partial charge in [-0.25, -0.2) is 14.0 Å². The first-order valence-corrected chi connectivity index (χ1v) is 6.26. The Balaban J connectivity index is 0.000000511. The fraction of sp³-hybridized carbons (Fsp3) is 0.429. The number of carbonyl (C=O) groups is 2. The average molecular weight is 285 g/mol. The maximum atomic E-state index is 13.2. The van der Waals surface area contributed by atoms with Gasteiger partial charge in [0, 0.05) is 12.1 Å². The maximum Gasteiger partial charge on any atom is 0.414 e. The Morgan fingerprint density at radius 2 is 1.75 bits per heavy atom. The van der Waals surface area contributed by atoms with Gasteiger partial charge in [-0.3, -0.25) is 0 Å². The molecular weight excluding hydrogens is 265 g/mol. The fourth-order valence-electron chi connectivity index (χ4n) is 1.42. The number of rotatable bonds is 5. The first kappa shape index (κ1) is 18.0. The molecule has 5 nitrogen and oxygen atoms in total. The number of nitrogens with zero attached hydrogens (tertiary/aromatic N) is 1. The minimum Gasteiger partial charge on any atom is -0.473 e. The van der Waals surface area contributed by atoms with Crippen molar-refractivity contribution < 1.29 is 24.2 Å². The van der Waals surface area contributed by atoms with Crippen LogP contribution in [0.3, 0.4) is 0 Å². The standard InChI is InChI=1S/C12H18FN.C2H2O4/c1-3-4-9-14(2)10-11-7-5-6-8-12(11)13;3-1(4)2(5)6/h5-8H,3-4,9-10H2,1-2H3;(H,3,4)(H,5,6). The van der Waals surface area contributed by atoms with Crippen LogP contribution in [0.4, 0.5) is 4.39 Å². The lowest BCUT2D eigenvalue weighted by Gasteiger charge is -2.16. The van der Waals surface area contributed by atoms with E-state index in [0.29, 0.717) is 6.54 Å². The molecule has 1 aromatic rings. The third-order valence-corrected chi connectivity index (χ3v) is 2.47. The molecule has 1 aromatic carbocycles. The molecule has 0 aliphatic heterocycles. The van der Waals surface area contributed by atoms with E-state index in [1.807, 2.05) is 19.2 Å². The summed E-state index contributed by atoms with van der Waals surface area (Å²) in [5, 5.41) is 14.8. The lowest BCUT2D eigenvalue weighted by Crippen LogP contribution is -2.19. The van der Waals surface area contributed by atoms with E-state index in [1.165, 1.54) is 18.9 Å². The Hall–Kier alpha value is -1.95. The first-order valence-electron chi connectivity index (χ1n) is 6.26. The van der Waals surface area contributed by atoms with E-state index in [9.17, 15) is 4.39 Å². The summed E-state index contributed by atoms with van der Waals surface area (Å²) in [6.45, 7) is 3.90. The van der Waals surface area contributed by atoms with Gasteiger partial charge in [0.1, 0.15) is 5.82 Å². The highest BCUT2D eigenvalue weighted by atomic mass is 19.1. The normalized spacial score (nSPS) is 9.80. The number of unbranched alkanes of at least 4 members (excludes halogenated alkanes) is 1. The summed E-state index contributed by atoms with van der Waals surface area (Å²) < 4.78 is 13.2. The van der Waals surface area contributed by atoms with Gasteiger partial charge < -0.3 is 15.1 Å². The summed E-state index contributed by atoms with van der Waals surface area (Å²) in [7, 11) is 2.03. The zero-order valence-electron chi connectivity index (χ0n) is 11.7. The Morgan fingerprint density at radius 3 is 2.20 bits per heavy atom. The lowest BCUT2D eigenvalue weighted by molar-refractivity contribution is -0.159. The molecule has 0 amide bonds. The molecular formula is C14H20FNO4. The van der Waals surface area contributed by atoms with Crippen LogP contribution in [0.25, 0.3) is 0 Å². The quantitative estimate of drug-likeness (QED) is 0.811. The van der Waals surface area contributed by atoms with E-state index in [2.05, 4.69) is 11.8 Å². The minimum atomic E-state index is -1.82. The van der Waals surface area contributed by atoms with E-state index in [0.717, 1.165) is 12.1 Å². The van der Waals surface area contributed by atoms with Crippen LogP contribution < -0.4 is 0 Å². The molecule has 0 radical (unpaired) electrons. The molecule has 0 bridgehead atoms. The van der Waals surface area contributed by atoms with Gasteiger partial charge in [0.25, 0.3) is 0 Å². The highest BCUT2D eigenvalue weighted by Gasteiger charge is 2.04. The van der Waals surface area contributed by atoms with Crippen molar-refractivity contribution in [2.75, 3.05) is 13.6 Å². The molecule has 0 fully saturated rings. The van der Waals surface area contributed by atoms with Crippen LogP contribution in [-0.4, -0.2) is 40.6 Å². The summed E-state index contributed by atoms with van der Waals surface area (Å²) >= 11 is 0. The summed E-state index contributed by atoms with van der Waals surface area (Å²) in [4.78, 5) is 20.4. The number of carboxylic acid groups (broad SMARTS) is 2. The Labute approximate surface area is 117 Å². The molecule has 0 aliphatic carbocycles. The van der Waals surface area contributed by atoms with E-state index in [1.54, 1.807) is 6.07 Å². The van der Waals surface area contributed by atoms with Crippen LogP contribution in [0.2, 0.25) is 0 Å². The Morgan fingerprint density at radius 1 is 1.20 bits per heavy atom. The van der Waals surface area contributed by atoms with Gasteiger partial charge in [0.2, 0.25) is 0 Å². The maximum absolute atomic E-state index is 13.2. The second-order valence-corrected chi connectivity index (χ2v) is 4.29. The molecule has 0 saturated carbocycles. The van der Waals surface area contributed by atoms with Gasteiger partial charge in [-0.05, 0) is 26.1 Å². The molecule has 0 spiro atoms. The van der Waals surface area contributed by atoms with Crippen molar-refractivity contribution in [3.63, 3.8) is 0 Å². The monoisotopic (exact) mass is 285 g/mol. The van der Waals surface area contributed by atoms with Crippen LogP contribution in [0.15, 0.2) is 24.3 Å². The lowest BCUT2D eigenvalue weighted by atomic mass is 10.2. The van der Waals surface area contributed by atoms with Gasteiger partial charge in [0.05, 0.1) is 0 Å². The summed E-state index contributed by atoms with van der Waals surface area (Å²) in [5.41, 5.74) is 0.783. The number of benzene rings is 1. The second kappa shape index (κ2) is 9.91. The van der Waals surface area contributed by atoms with Gasteiger partial charge in [0.15, 0.2) is 0 Å². The minimum absolute atomic E-state index is 0.101. The summed E-state index contributed by atoms with van der Waals surface area (Å²) in [6.07, 6.45) is 2.35. The third kappa shape index (κ3) is 8.20. The van der Waals surface area contributed by atoms with E-state index < -0.39 is 11.9 Å². The predicted octanol–water partition coefficient (Wildman–Crippen LogP) is 2.21. The number of hydrogen-bond acceptors (Lipinski definition) is 3. The van der Waals surface area contributed by atoms with Crippen LogP contribution in [0.1, 0.15) is 25.3 Å². The second-order valence-electron chi connectivity index (χ2n) is 4.29. The van der Waals surface area contributed by atoms with Crippen LogP contribution in [0.5, 0.6) is 0 Å². The van der Waals surface area contributed by atoms with Gasteiger partial charge in [-0.2, -0.15) is 0 Å². The highest BCUT2D eigenvalue weighted by molar-refractivity contribution is 6.27. The van der Waals surface area contributed by atoms with Crippen molar-refractivity contribution in [2.45, 2.75) is 26.3 Å². The molecule has 2 N–H and O–H groups in total. The number of carboxylic acids is 2. The first-order chi connectivity index (χ1) is 9.38. The van der Waals surface area contributed by atoms with Crippen LogP contribution >= 0.6 is 0 Å². The fourth-order valence-corrected chi connectivity index (χ4v) is 1.42. The topological polar surface area (TPSA) is 77.8 Å². The van der Waals surface area contributed by atoms with E-state index in [4.69, 9.17) is 19.8 Å². The van der Waals surface area contributed by atoms with Crippen LogP contribution in [0, 0.1) is 5.82 Å². The van der Waals surface area contributed by atoms with Crippen molar-refractivity contribution in [2.24, 2.45) is 0 Å². The van der Waals surface area contributed by atoms with Gasteiger partial charge in [-0.15, -0.1) is 0 Å². The molecule has 0 unspecified atom stereocenters. The van der Waals surface area contributed by atoms with Crippen molar-refractivity contribution in [3.8, 4) is 0 Å². The predicted molar refractivity (Wildman–Crippen MR) is 72.9 cm³/mol. The molecule has 0 heterocycles. The zero-order chi connectivity index (χ0) is 15.5. The summed E-state index contributed by atoms with van der Waals surface area (Å²) in [5.74, 6) is -3.75. The molecule has 6 heteroatoms. The van der Waals surface area contributed by atoms with Crippen molar-refractivity contribution >= 4 is 11.9 Å². The largest absolute Gasteiger partial charge is 0.473 e. The summed E-state index contributed by atoms with van der Waals surface area (Å²) in [6, 6.07) is 6.97.